The third-order valence-corrected chi connectivity index (χ3v) is 10.1. The SMILES string of the molecule is CCCCCCCCCC=CCCCCCCCCC(O)C(O)C(O)C(CO)NC(=O)C(O)CCCCCCCCCCCCCCCC. The molecule has 7 heteroatoms. The molecule has 0 bridgehead atoms. The van der Waals surface area contributed by atoms with Gasteiger partial charge in [-0.2, -0.15) is 0 Å². The van der Waals surface area contributed by atoms with E-state index in [0.29, 0.717) is 12.8 Å². The summed E-state index contributed by atoms with van der Waals surface area (Å²) in [4.78, 5) is 12.5. The number of aliphatic hydroxyl groups excluding tert-OH is 5. The zero-order chi connectivity index (χ0) is 36.2. The van der Waals surface area contributed by atoms with Gasteiger partial charge in [0.1, 0.15) is 18.3 Å². The summed E-state index contributed by atoms with van der Waals surface area (Å²) in [6, 6.07) is -1.16. The van der Waals surface area contributed by atoms with Crippen LogP contribution in [0.2, 0.25) is 0 Å². The molecule has 5 unspecified atom stereocenters. The molecule has 7 nitrogen and oxygen atoms in total. The number of aliphatic hydroxyl groups is 5. The van der Waals surface area contributed by atoms with Crippen LogP contribution in [0, 0.1) is 0 Å². The maximum absolute atomic E-state index is 12.5. The van der Waals surface area contributed by atoms with E-state index in [1.165, 1.54) is 135 Å². The Morgan fingerprint density at radius 1 is 0.490 bits per heavy atom. The standard InChI is InChI=1S/C42H83NO6/c1-3-5-7-9-11-13-15-17-19-20-21-23-24-26-28-30-32-34-38(45)41(48)40(47)37(36-44)43-42(49)39(46)35-33-31-29-27-25-22-18-16-14-12-10-8-6-4-2/h19-20,37-41,44-48H,3-18,21-36H2,1-2H3,(H,43,49). The van der Waals surface area contributed by atoms with Crippen molar-refractivity contribution in [1.82, 2.24) is 5.32 Å². The van der Waals surface area contributed by atoms with Crippen molar-refractivity contribution in [3.63, 3.8) is 0 Å². The van der Waals surface area contributed by atoms with Crippen LogP contribution in [0.4, 0.5) is 0 Å². The van der Waals surface area contributed by atoms with Crippen molar-refractivity contribution >= 4 is 5.91 Å². The number of unbranched alkanes of at least 4 members (excludes halogenated alkanes) is 26. The smallest absolute Gasteiger partial charge is 0.249 e. The fraction of sp³-hybridized carbons (Fsp3) is 0.929. The minimum atomic E-state index is -1.53. The van der Waals surface area contributed by atoms with E-state index in [9.17, 15) is 30.3 Å². The molecule has 1 amide bonds. The van der Waals surface area contributed by atoms with Crippen molar-refractivity contribution in [2.75, 3.05) is 6.61 Å². The van der Waals surface area contributed by atoms with Crippen LogP contribution in [0.1, 0.15) is 213 Å². The number of nitrogens with one attached hydrogen (secondary N) is 1. The van der Waals surface area contributed by atoms with Crippen molar-refractivity contribution in [1.29, 1.82) is 0 Å². The molecular formula is C42H83NO6. The number of hydrogen-bond donors (Lipinski definition) is 6. The Balaban J connectivity index is 3.88. The van der Waals surface area contributed by atoms with Crippen molar-refractivity contribution in [3.05, 3.63) is 12.2 Å². The quantitative estimate of drug-likeness (QED) is 0.0282. The first-order valence-electron chi connectivity index (χ1n) is 21.2. The van der Waals surface area contributed by atoms with Crippen molar-refractivity contribution < 1.29 is 30.3 Å². The molecule has 0 aromatic heterocycles. The maximum atomic E-state index is 12.5. The highest BCUT2D eigenvalue weighted by molar-refractivity contribution is 5.80. The number of hydrogen-bond acceptors (Lipinski definition) is 6. The lowest BCUT2D eigenvalue weighted by Crippen LogP contribution is -2.55. The van der Waals surface area contributed by atoms with Gasteiger partial charge in [-0.1, -0.05) is 187 Å². The van der Waals surface area contributed by atoms with E-state index in [2.05, 4.69) is 31.3 Å². The Hall–Kier alpha value is -0.990. The Morgan fingerprint density at radius 2 is 0.837 bits per heavy atom. The number of rotatable bonds is 38. The lowest BCUT2D eigenvalue weighted by molar-refractivity contribution is -0.134. The van der Waals surface area contributed by atoms with Crippen LogP contribution in [0.5, 0.6) is 0 Å². The fourth-order valence-corrected chi connectivity index (χ4v) is 6.60. The van der Waals surface area contributed by atoms with Crippen molar-refractivity contribution in [2.24, 2.45) is 0 Å². The predicted molar refractivity (Wildman–Crippen MR) is 207 cm³/mol. The zero-order valence-electron chi connectivity index (χ0n) is 32.3. The molecule has 6 N–H and O–H groups in total. The van der Waals surface area contributed by atoms with Gasteiger partial charge in [-0.3, -0.25) is 4.79 Å². The molecule has 0 heterocycles. The number of carbonyl (C=O) groups is 1. The summed E-state index contributed by atoms with van der Waals surface area (Å²) in [5.41, 5.74) is 0. The van der Waals surface area contributed by atoms with E-state index in [4.69, 9.17) is 0 Å². The third kappa shape index (κ3) is 30.4. The van der Waals surface area contributed by atoms with Gasteiger partial charge in [-0.05, 0) is 38.5 Å². The van der Waals surface area contributed by atoms with Gasteiger partial charge < -0.3 is 30.8 Å². The fourth-order valence-electron chi connectivity index (χ4n) is 6.60. The van der Waals surface area contributed by atoms with E-state index < -0.39 is 43.0 Å². The molecule has 0 rings (SSSR count). The highest BCUT2D eigenvalue weighted by Crippen LogP contribution is 2.16. The highest BCUT2D eigenvalue weighted by Gasteiger charge is 2.32. The Bertz CT molecular complexity index is 719. The summed E-state index contributed by atoms with van der Waals surface area (Å²) >= 11 is 0. The van der Waals surface area contributed by atoms with Gasteiger partial charge in [0.25, 0.3) is 0 Å². The molecule has 0 aliphatic carbocycles. The molecule has 0 fully saturated rings. The normalized spacial score (nSPS) is 15.0. The van der Waals surface area contributed by atoms with Gasteiger partial charge >= 0.3 is 0 Å². The third-order valence-electron chi connectivity index (χ3n) is 10.1. The van der Waals surface area contributed by atoms with Crippen LogP contribution < -0.4 is 5.32 Å². The van der Waals surface area contributed by atoms with Crippen LogP contribution in [-0.2, 0) is 4.79 Å². The first-order chi connectivity index (χ1) is 23.9. The summed E-state index contributed by atoms with van der Waals surface area (Å²) in [6.45, 7) is 3.91. The Labute approximate surface area is 303 Å². The first kappa shape index (κ1) is 48.0. The number of carbonyl (C=O) groups excluding carboxylic acids is 1. The molecule has 5 atom stereocenters. The summed E-state index contributed by atoms with van der Waals surface area (Å²) in [5.74, 6) is -0.668. The van der Waals surface area contributed by atoms with Gasteiger partial charge in [0.2, 0.25) is 5.91 Å². The highest BCUT2D eigenvalue weighted by atomic mass is 16.4. The lowest BCUT2D eigenvalue weighted by Gasteiger charge is -2.29. The second-order valence-corrected chi connectivity index (χ2v) is 14.8. The number of allylic oxidation sites excluding steroid dienone is 2. The maximum Gasteiger partial charge on any atom is 0.249 e. The molecule has 49 heavy (non-hydrogen) atoms. The summed E-state index contributed by atoms with van der Waals surface area (Å²) in [5, 5.41) is 54.0. The topological polar surface area (TPSA) is 130 Å². The van der Waals surface area contributed by atoms with Gasteiger partial charge in [0, 0.05) is 0 Å². The van der Waals surface area contributed by atoms with E-state index >= 15 is 0 Å². The molecule has 0 radical (unpaired) electrons. The molecule has 0 spiro atoms. The van der Waals surface area contributed by atoms with Gasteiger partial charge in [0.15, 0.2) is 0 Å². The van der Waals surface area contributed by atoms with Gasteiger partial charge in [-0.15, -0.1) is 0 Å². The average molecular weight is 698 g/mol. The minimum Gasteiger partial charge on any atom is -0.394 e. The van der Waals surface area contributed by atoms with Crippen LogP contribution >= 0.6 is 0 Å². The molecule has 0 aliphatic heterocycles. The van der Waals surface area contributed by atoms with Crippen molar-refractivity contribution in [2.45, 2.75) is 243 Å². The molecule has 0 saturated heterocycles. The average Bonchev–Trinajstić information content (AvgIpc) is 3.11. The molecule has 0 aliphatic rings. The number of amides is 1. The van der Waals surface area contributed by atoms with Crippen LogP contribution in [0.3, 0.4) is 0 Å². The van der Waals surface area contributed by atoms with Crippen molar-refractivity contribution in [3.8, 4) is 0 Å². The Kier molecular flexibility index (Phi) is 36.0. The minimum absolute atomic E-state index is 0.319. The van der Waals surface area contributed by atoms with Crippen LogP contribution in [0.15, 0.2) is 12.2 Å². The van der Waals surface area contributed by atoms with Crippen LogP contribution in [0.25, 0.3) is 0 Å². The summed E-state index contributed by atoms with van der Waals surface area (Å²) < 4.78 is 0. The summed E-state index contributed by atoms with van der Waals surface area (Å²) in [7, 11) is 0. The second kappa shape index (κ2) is 36.8. The van der Waals surface area contributed by atoms with Gasteiger partial charge in [0.05, 0.1) is 18.8 Å². The predicted octanol–water partition coefficient (Wildman–Crippen LogP) is 9.60. The lowest BCUT2D eigenvalue weighted by atomic mass is 9.96. The monoisotopic (exact) mass is 698 g/mol. The van der Waals surface area contributed by atoms with E-state index in [1.54, 1.807) is 0 Å². The van der Waals surface area contributed by atoms with E-state index in [0.717, 1.165) is 51.4 Å². The van der Waals surface area contributed by atoms with E-state index in [1.807, 2.05) is 0 Å². The first-order valence-corrected chi connectivity index (χ1v) is 21.2. The summed E-state index contributed by atoms with van der Waals surface area (Å²) in [6.07, 6.45) is 35.3. The Morgan fingerprint density at radius 3 is 1.22 bits per heavy atom. The largest absolute Gasteiger partial charge is 0.394 e. The molecule has 0 aromatic rings. The van der Waals surface area contributed by atoms with Crippen LogP contribution in [-0.4, -0.2) is 68.5 Å². The molecule has 292 valence electrons. The molecule has 0 saturated carbocycles. The van der Waals surface area contributed by atoms with E-state index in [-0.39, 0.29) is 0 Å². The zero-order valence-corrected chi connectivity index (χ0v) is 32.3. The second-order valence-electron chi connectivity index (χ2n) is 14.8. The van der Waals surface area contributed by atoms with Gasteiger partial charge in [-0.25, -0.2) is 0 Å². The molecule has 0 aromatic carbocycles. The molecular weight excluding hydrogens is 614 g/mol.